The predicted molar refractivity (Wildman–Crippen MR) is 109 cm³/mol. The molecule has 0 spiro atoms. The third-order valence-corrected chi connectivity index (χ3v) is 5.07. The van der Waals surface area contributed by atoms with E-state index in [9.17, 15) is 14.7 Å². The van der Waals surface area contributed by atoms with Crippen LogP contribution >= 0.6 is 11.3 Å². The predicted octanol–water partition coefficient (Wildman–Crippen LogP) is 3.98. The van der Waals surface area contributed by atoms with Gasteiger partial charge in [-0.2, -0.15) is 16.4 Å². The Hall–Kier alpha value is -3.52. The van der Waals surface area contributed by atoms with E-state index in [4.69, 9.17) is 0 Å². The summed E-state index contributed by atoms with van der Waals surface area (Å²) in [6.07, 6.45) is 3.29. The number of carboxylic acids is 1. The van der Waals surface area contributed by atoms with Gasteiger partial charge in [-0.25, -0.2) is 9.48 Å². The van der Waals surface area contributed by atoms with Gasteiger partial charge < -0.3 is 10.4 Å². The lowest BCUT2D eigenvalue weighted by Crippen LogP contribution is -2.28. The zero-order valence-corrected chi connectivity index (χ0v) is 15.7. The van der Waals surface area contributed by atoms with Crippen LogP contribution in [0.5, 0.6) is 0 Å². The normalized spacial score (nSPS) is 10.9. The first-order valence-corrected chi connectivity index (χ1v) is 9.55. The largest absolute Gasteiger partial charge is 0.478 e. The molecule has 0 amide bonds. The molecule has 0 saturated heterocycles. The Morgan fingerprint density at radius 3 is 2.79 bits per heavy atom. The standard InChI is InChI=1S/C20H16N4O3S/c1-2-24-19(25)18(16(20(26)27)17(23-24)13-7-8-28-11-13)22-15-10-21-9-12-5-3-4-6-14(12)15/h3-11,22H,2H2,1H3,(H,26,27). The second-order valence-corrected chi connectivity index (χ2v) is 6.85. The fraction of sp³-hybridized carbons (Fsp3) is 0.100. The van der Waals surface area contributed by atoms with Gasteiger partial charge in [-0.05, 0) is 18.4 Å². The zero-order valence-electron chi connectivity index (χ0n) is 14.9. The number of pyridine rings is 1. The number of hydrogen-bond acceptors (Lipinski definition) is 6. The zero-order chi connectivity index (χ0) is 19.7. The van der Waals surface area contributed by atoms with E-state index in [0.29, 0.717) is 17.8 Å². The number of aromatic carboxylic acids is 1. The molecule has 8 heteroatoms. The Balaban J connectivity index is 1.99. The van der Waals surface area contributed by atoms with Crippen molar-refractivity contribution in [1.29, 1.82) is 0 Å². The summed E-state index contributed by atoms with van der Waals surface area (Å²) >= 11 is 1.43. The van der Waals surface area contributed by atoms with Crippen molar-refractivity contribution in [2.24, 2.45) is 0 Å². The molecule has 2 N–H and O–H groups in total. The number of aryl methyl sites for hydroxylation is 1. The minimum Gasteiger partial charge on any atom is -0.478 e. The van der Waals surface area contributed by atoms with Gasteiger partial charge in [-0.3, -0.25) is 9.78 Å². The number of aromatic nitrogens is 3. The monoisotopic (exact) mass is 392 g/mol. The van der Waals surface area contributed by atoms with Gasteiger partial charge in [0.05, 0.1) is 11.9 Å². The van der Waals surface area contributed by atoms with Crippen LogP contribution < -0.4 is 10.9 Å². The lowest BCUT2D eigenvalue weighted by atomic mass is 10.1. The van der Waals surface area contributed by atoms with Crippen LogP contribution in [0.4, 0.5) is 11.4 Å². The van der Waals surface area contributed by atoms with Crippen LogP contribution in [0.3, 0.4) is 0 Å². The highest BCUT2D eigenvalue weighted by Crippen LogP contribution is 2.30. The van der Waals surface area contributed by atoms with Crippen molar-refractivity contribution in [2.45, 2.75) is 13.5 Å². The van der Waals surface area contributed by atoms with E-state index in [0.717, 1.165) is 10.8 Å². The molecule has 0 aliphatic heterocycles. The number of carbonyl (C=O) groups is 1. The van der Waals surface area contributed by atoms with Crippen LogP contribution in [0.25, 0.3) is 22.0 Å². The molecule has 0 unspecified atom stereocenters. The van der Waals surface area contributed by atoms with E-state index < -0.39 is 11.5 Å². The molecule has 0 bridgehead atoms. The number of nitrogens with one attached hydrogen (secondary N) is 1. The van der Waals surface area contributed by atoms with Crippen LogP contribution in [-0.4, -0.2) is 25.8 Å². The fourth-order valence-corrected chi connectivity index (χ4v) is 3.70. The third kappa shape index (κ3) is 3.03. The number of fused-ring (bicyclic) bond motifs is 1. The second kappa shape index (κ2) is 7.24. The van der Waals surface area contributed by atoms with E-state index in [2.05, 4.69) is 15.4 Å². The van der Waals surface area contributed by atoms with Crippen molar-refractivity contribution >= 4 is 39.5 Å². The van der Waals surface area contributed by atoms with Gasteiger partial charge in [-0.1, -0.05) is 24.3 Å². The molecule has 4 aromatic rings. The van der Waals surface area contributed by atoms with Crippen LogP contribution in [0.1, 0.15) is 17.3 Å². The summed E-state index contributed by atoms with van der Waals surface area (Å²) in [6.45, 7) is 2.10. The van der Waals surface area contributed by atoms with E-state index in [1.165, 1.54) is 16.0 Å². The van der Waals surface area contributed by atoms with E-state index >= 15 is 0 Å². The summed E-state index contributed by atoms with van der Waals surface area (Å²) < 4.78 is 1.26. The molecular formula is C20H16N4O3S. The number of anilines is 2. The lowest BCUT2D eigenvalue weighted by Gasteiger charge is -2.15. The smallest absolute Gasteiger partial charge is 0.340 e. The maximum absolute atomic E-state index is 12.9. The summed E-state index contributed by atoms with van der Waals surface area (Å²) in [5.41, 5.74) is 0.800. The van der Waals surface area contributed by atoms with Crippen molar-refractivity contribution in [3.05, 3.63) is 69.4 Å². The minimum absolute atomic E-state index is 0.0243. The van der Waals surface area contributed by atoms with Gasteiger partial charge in [0.2, 0.25) is 0 Å². The SMILES string of the molecule is CCn1nc(-c2ccsc2)c(C(=O)O)c(Nc2cncc3ccccc23)c1=O. The molecule has 1 aromatic carbocycles. The first kappa shape index (κ1) is 17.9. The second-order valence-electron chi connectivity index (χ2n) is 6.07. The maximum Gasteiger partial charge on any atom is 0.340 e. The highest BCUT2D eigenvalue weighted by Gasteiger charge is 2.24. The summed E-state index contributed by atoms with van der Waals surface area (Å²) in [6, 6.07) is 9.34. The molecule has 140 valence electrons. The van der Waals surface area contributed by atoms with Gasteiger partial charge in [0.15, 0.2) is 0 Å². The highest BCUT2D eigenvalue weighted by atomic mass is 32.1. The molecule has 0 radical (unpaired) electrons. The first-order valence-electron chi connectivity index (χ1n) is 8.61. The van der Waals surface area contributed by atoms with E-state index in [1.54, 1.807) is 25.4 Å². The van der Waals surface area contributed by atoms with Crippen LogP contribution in [0.2, 0.25) is 0 Å². The summed E-state index contributed by atoms with van der Waals surface area (Å²) in [5, 5.41) is 22.6. The lowest BCUT2D eigenvalue weighted by molar-refractivity contribution is 0.0698. The molecule has 0 saturated carbocycles. The molecule has 0 fully saturated rings. The Morgan fingerprint density at radius 2 is 2.07 bits per heavy atom. The van der Waals surface area contributed by atoms with Crippen molar-refractivity contribution in [3.63, 3.8) is 0 Å². The summed E-state index contributed by atoms with van der Waals surface area (Å²) in [4.78, 5) is 29.2. The molecular weight excluding hydrogens is 376 g/mol. The number of benzene rings is 1. The molecule has 3 heterocycles. The van der Waals surface area contributed by atoms with Crippen LogP contribution in [0, 0.1) is 0 Å². The van der Waals surface area contributed by atoms with Gasteiger partial charge in [0.1, 0.15) is 16.9 Å². The molecule has 0 aliphatic carbocycles. The average molecular weight is 392 g/mol. The summed E-state index contributed by atoms with van der Waals surface area (Å²) in [5.74, 6) is -1.22. The quantitative estimate of drug-likeness (QED) is 0.533. The fourth-order valence-electron chi connectivity index (χ4n) is 3.06. The van der Waals surface area contributed by atoms with Crippen molar-refractivity contribution in [3.8, 4) is 11.3 Å². The van der Waals surface area contributed by atoms with Crippen molar-refractivity contribution < 1.29 is 9.90 Å². The molecule has 0 aliphatic rings. The van der Waals surface area contributed by atoms with Crippen molar-refractivity contribution in [2.75, 3.05) is 5.32 Å². The molecule has 0 atom stereocenters. The number of rotatable bonds is 5. The number of nitrogens with zero attached hydrogens (tertiary/aromatic N) is 3. The van der Waals surface area contributed by atoms with Gasteiger partial charge in [0, 0.05) is 34.5 Å². The Kier molecular flexibility index (Phi) is 4.62. The van der Waals surface area contributed by atoms with Crippen LogP contribution in [-0.2, 0) is 6.54 Å². The highest BCUT2D eigenvalue weighted by molar-refractivity contribution is 7.08. The van der Waals surface area contributed by atoms with E-state index in [1.807, 2.05) is 35.0 Å². The van der Waals surface area contributed by atoms with Gasteiger partial charge in [-0.15, -0.1) is 0 Å². The third-order valence-electron chi connectivity index (χ3n) is 4.39. The molecule has 28 heavy (non-hydrogen) atoms. The molecule has 7 nitrogen and oxygen atoms in total. The number of thiophene rings is 1. The van der Waals surface area contributed by atoms with Gasteiger partial charge in [0.25, 0.3) is 5.56 Å². The molecule has 3 aromatic heterocycles. The number of carboxylic acid groups (broad SMARTS) is 1. The summed E-state index contributed by atoms with van der Waals surface area (Å²) in [7, 11) is 0. The topological polar surface area (TPSA) is 97.1 Å². The number of hydrogen-bond donors (Lipinski definition) is 2. The Morgan fingerprint density at radius 1 is 1.25 bits per heavy atom. The Bertz CT molecular complexity index is 1230. The maximum atomic E-state index is 12.9. The Labute approximate surface area is 163 Å². The molecule has 4 rings (SSSR count). The first-order chi connectivity index (χ1) is 13.6. The van der Waals surface area contributed by atoms with Crippen LogP contribution in [0.15, 0.2) is 58.3 Å². The van der Waals surface area contributed by atoms with E-state index in [-0.39, 0.29) is 16.9 Å². The van der Waals surface area contributed by atoms with Gasteiger partial charge >= 0.3 is 5.97 Å². The average Bonchev–Trinajstić information content (AvgIpc) is 3.24. The van der Waals surface area contributed by atoms with Crippen molar-refractivity contribution in [1.82, 2.24) is 14.8 Å². The minimum atomic E-state index is -1.22.